The molecule has 2 aliphatic rings. The zero-order chi connectivity index (χ0) is 17.4. The summed E-state index contributed by atoms with van der Waals surface area (Å²) in [6.45, 7) is 6.58. The van der Waals surface area contributed by atoms with Crippen LogP contribution in [0.4, 0.5) is 0 Å². The van der Waals surface area contributed by atoms with Crippen LogP contribution in [0.3, 0.4) is 0 Å². The summed E-state index contributed by atoms with van der Waals surface area (Å²) in [5.74, 6) is 2.23. The number of hydrogen-bond donors (Lipinski definition) is 0. The van der Waals surface area contributed by atoms with E-state index in [0.29, 0.717) is 19.7 Å². The van der Waals surface area contributed by atoms with Crippen molar-refractivity contribution in [3.05, 3.63) is 23.7 Å². The van der Waals surface area contributed by atoms with Gasteiger partial charge >= 0.3 is 0 Å². The van der Waals surface area contributed by atoms with Crippen molar-refractivity contribution in [2.75, 3.05) is 46.2 Å². The third-order valence-electron chi connectivity index (χ3n) is 5.65. The van der Waals surface area contributed by atoms with Crippen LogP contribution < -0.4 is 0 Å². The van der Waals surface area contributed by atoms with Crippen molar-refractivity contribution in [2.24, 2.45) is 11.3 Å². The second-order valence-corrected chi connectivity index (χ2v) is 9.34. The van der Waals surface area contributed by atoms with Crippen molar-refractivity contribution >= 4 is 10.0 Å². The number of hydrogen-bond acceptors (Lipinski definition) is 5. The van der Waals surface area contributed by atoms with Crippen molar-refractivity contribution in [2.45, 2.75) is 26.3 Å². The lowest BCUT2D eigenvalue weighted by Gasteiger charge is -2.42. The Balaban J connectivity index is 1.65. The molecule has 136 valence electrons. The van der Waals surface area contributed by atoms with E-state index in [0.717, 1.165) is 44.0 Å². The molecule has 2 saturated heterocycles. The van der Waals surface area contributed by atoms with Crippen LogP contribution in [0.5, 0.6) is 0 Å². The number of ether oxygens (including phenoxy) is 1. The van der Waals surface area contributed by atoms with Gasteiger partial charge in [0.2, 0.25) is 10.0 Å². The number of piperidine rings is 1. The van der Waals surface area contributed by atoms with Gasteiger partial charge in [0.25, 0.3) is 0 Å². The molecular weight excluding hydrogens is 328 g/mol. The summed E-state index contributed by atoms with van der Waals surface area (Å²) in [4.78, 5) is 2.40. The van der Waals surface area contributed by atoms with Gasteiger partial charge in [-0.25, -0.2) is 12.7 Å². The van der Waals surface area contributed by atoms with Crippen LogP contribution in [0.1, 0.15) is 24.4 Å². The minimum absolute atomic E-state index is 0.0503. The second-order valence-electron chi connectivity index (χ2n) is 7.36. The van der Waals surface area contributed by atoms with Gasteiger partial charge in [-0.2, -0.15) is 0 Å². The molecule has 0 N–H and O–H groups in total. The van der Waals surface area contributed by atoms with Gasteiger partial charge in [-0.15, -0.1) is 0 Å². The predicted molar refractivity (Wildman–Crippen MR) is 92.2 cm³/mol. The Morgan fingerprint density at radius 3 is 2.58 bits per heavy atom. The molecule has 0 saturated carbocycles. The van der Waals surface area contributed by atoms with Crippen molar-refractivity contribution in [1.82, 2.24) is 9.21 Å². The van der Waals surface area contributed by atoms with Gasteiger partial charge in [-0.3, -0.25) is 4.90 Å². The zero-order valence-corrected chi connectivity index (χ0v) is 15.6. The molecule has 7 heteroatoms. The lowest BCUT2D eigenvalue weighted by Crippen LogP contribution is -2.45. The number of likely N-dealkylation sites (tertiary alicyclic amines) is 1. The lowest BCUT2D eigenvalue weighted by molar-refractivity contribution is 0.0338. The van der Waals surface area contributed by atoms with Crippen LogP contribution in [-0.4, -0.2) is 63.8 Å². The summed E-state index contributed by atoms with van der Waals surface area (Å²) < 4.78 is 36.7. The topological polar surface area (TPSA) is 63.0 Å². The fourth-order valence-electron chi connectivity index (χ4n) is 4.18. The number of furan rings is 1. The number of sulfonamides is 1. The van der Waals surface area contributed by atoms with Crippen LogP contribution in [0.25, 0.3) is 0 Å². The first kappa shape index (κ1) is 17.9. The summed E-state index contributed by atoms with van der Waals surface area (Å²) in [6.07, 6.45) is 3.32. The Bertz CT molecular complexity index is 662. The normalized spacial score (nSPS) is 25.5. The average Bonchev–Trinajstić information content (AvgIpc) is 3.07. The monoisotopic (exact) mass is 356 g/mol. The highest BCUT2D eigenvalue weighted by Gasteiger charge is 2.50. The maximum absolute atomic E-state index is 12.0. The van der Waals surface area contributed by atoms with E-state index in [4.69, 9.17) is 9.15 Å². The summed E-state index contributed by atoms with van der Waals surface area (Å²) in [6, 6.07) is 4.03. The highest BCUT2D eigenvalue weighted by atomic mass is 32.2. The first-order valence-corrected chi connectivity index (χ1v) is 10.4. The van der Waals surface area contributed by atoms with Gasteiger partial charge in [0, 0.05) is 26.1 Å². The van der Waals surface area contributed by atoms with Gasteiger partial charge < -0.3 is 9.15 Å². The van der Waals surface area contributed by atoms with E-state index >= 15 is 0 Å². The molecule has 0 bridgehead atoms. The Morgan fingerprint density at radius 2 is 2.04 bits per heavy atom. The molecule has 1 spiro atoms. The third-order valence-corrected chi connectivity index (χ3v) is 6.86. The lowest BCUT2D eigenvalue weighted by atomic mass is 9.71. The molecular formula is C17H28N2O4S. The Morgan fingerprint density at radius 1 is 1.33 bits per heavy atom. The molecule has 3 rings (SSSR count). The predicted octanol–water partition coefficient (Wildman–Crippen LogP) is 1.71. The number of nitrogens with zero attached hydrogens (tertiary/aromatic N) is 2. The first-order chi connectivity index (χ1) is 11.3. The highest BCUT2D eigenvalue weighted by Crippen LogP contribution is 2.45. The molecule has 2 fully saturated rings. The Hall–Kier alpha value is -0.890. The largest absolute Gasteiger partial charge is 0.465 e. The molecule has 3 heterocycles. The van der Waals surface area contributed by atoms with Gasteiger partial charge in [0.15, 0.2) is 0 Å². The van der Waals surface area contributed by atoms with E-state index in [1.807, 2.05) is 19.1 Å². The molecule has 1 aromatic heterocycles. The van der Waals surface area contributed by atoms with Crippen LogP contribution in [0.15, 0.2) is 16.5 Å². The second kappa shape index (κ2) is 6.78. The van der Waals surface area contributed by atoms with Crippen molar-refractivity contribution in [3.8, 4) is 0 Å². The molecule has 0 aromatic carbocycles. The molecule has 1 aromatic rings. The Labute approximate surface area is 144 Å². The van der Waals surface area contributed by atoms with Crippen molar-refractivity contribution < 1.29 is 17.6 Å². The van der Waals surface area contributed by atoms with Gasteiger partial charge in [0.1, 0.15) is 11.5 Å². The van der Waals surface area contributed by atoms with E-state index in [9.17, 15) is 8.42 Å². The molecule has 0 radical (unpaired) electrons. The minimum atomic E-state index is -3.14. The van der Waals surface area contributed by atoms with E-state index in [2.05, 4.69) is 4.90 Å². The smallest absolute Gasteiger partial charge is 0.211 e. The van der Waals surface area contributed by atoms with Crippen LogP contribution in [-0.2, 0) is 21.3 Å². The van der Waals surface area contributed by atoms with Crippen molar-refractivity contribution in [1.29, 1.82) is 0 Å². The van der Waals surface area contributed by atoms with Crippen LogP contribution >= 0.6 is 0 Å². The summed E-state index contributed by atoms with van der Waals surface area (Å²) in [5, 5.41) is 0. The van der Waals surface area contributed by atoms with Gasteiger partial charge in [-0.1, -0.05) is 0 Å². The highest BCUT2D eigenvalue weighted by molar-refractivity contribution is 7.88. The Kier molecular flexibility index (Phi) is 5.06. The molecule has 0 unspecified atom stereocenters. The van der Waals surface area contributed by atoms with E-state index < -0.39 is 10.0 Å². The molecule has 2 aliphatic heterocycles. The SMILES string of the molecule is COC[C@H]1CN(S(C)(=O)=O)CC12CCN(Cc1ccc(C)o1)CC2. The molecule has 0 aliphatic carbocycles. The minimum Gasteiger partial charge on any atom is -0.465 e. The van der Waals surface area contributed by atoms with E-state index in [1.54, 1.807) is 11.4 Å². The van der Waals surface area contributed by atoms with Gasteiger partial charge in [-0.05, 0) is 50.4 Å². The van der Waals surface area contributed by atoms with E-state index in [1.165, 1.54) is 6.26 Å². The third kappa shape index (κ3) is 3.69. The summed E-state index contributed by atoms with van der Waals surface area (Å²) >= 11 is 0. The van der Waals surface area contributed by atoms with Crippen molar-refractivity contribution in [3.63, 3.8) is 0 Å². The van der Waals surface area contributed by atoms with Gasteiger partial charge in [0.05, 0.1) is 19.4 Å². The molecule has 24 heavy (non-hydrogen) atoms. The van der Waals surface area contributed by atoms with E-state index in [-0.39, 0.29) is 11.3 Å². The quantitative estimate of drug-likeness (QED) is 0.804. The number of aryl methyl sites for hydroxylation is 1. The number of methoxy groups -OCH3 is 1. The number of rotatable bonds is 5. The fraction of sp³-hybridized carbons (Fsp3) is 0.765. The summed E-state index contributed by atoms with van der Waals surface area (Å²) in [5.41, 5.74) is 0.0503. The van der Waals surface area contributed by atoms with Crippen LogP contribution in [0, 0.1) is 18.3 Å². The standard InChI is InChI=1S/C17H28N2O4S/c1-14-4-5-16(23-14)11-18-8-6-17(7-9-18)13-19(24(3,20)21)10-15(17)12-22-2/h4-5,15H,6-13H2,1-3H3/t15-/m1/s1. The zero-order valence-electron chi connectivity index (χ0n) is 14.8. The maximum Gasteiger partial charge on any atom is 0.211 e. The molecule has 0 amide bonds. The molecule has 6 nitrogen and oxygen atoms in total. The van der Waals surface area contributed by atoms with Crippen LogP contribution in [0.2, 0.25) is 0 Å². The molecule has 1 atom stereocenters. The maximum atomic E-state index is 12.0. The fourth-order valence-corrected chi connectivity index (χ4v) is 5.12. The average molecular weight is 356 g/mol. The summed E-state index contributed by atoms with van der Waals surface area (Å²) in [7, 11) is -1.44. The first-order valence-electron chi connectivity index (χ1n) is 8.54.